The summed E-state index contributed by atoms with van der Waals surface area (Å²) in [7, 11) is 0. The summed E-state index contributed by atoms with van der Waals surface area (Å²) < 4.78 is 6.53. The van der Waals surface area contributed by atoms with Crippen LogP contribution < -0.4 is 10.1 Å². The molecule has 1 rings (SSSR count). The van der Waals surface area contributed by atoms with Crippen LogP contribution in [0.2, 0.25) is 0 Å². The van der Waals surface area contributed by atoms with E-state index in [9.17, 15) is 0 Å². The van der Waals surface area contributed by atoms with Crippen LogP contribution in [0.4, 0.5) is 0 Å². The summed E-state index contributed by atoms with van der Waals surface area (Å²) in [6, 6.07) is 7.84. The molecule has 0 heterocycles. The van der Waals surface area contributed by atoms with Crippen LogP contribution in [0.3, 0.4) is 0 Å². The summed E-state index contributed by atoms with van der Waals surface area (Å²) >= 11 is 3.36. The first-order chi connectivity index (χ1) is 7.22. The van der Waals surface area contributed by atoms with Gasteiger partial charge in [-0.2, -0.15) is 0 Å². The average molecular weight is 274 g/mol. The van der Waals surface area contributed by atoms with Crippen molar-refractivity contribution in [3.8, 4) is 5.75 Å². The lowest BCUT2D eigenvalue weighted by Crippen LogP contribution is -2.32. The van der Waals surface area contributed by atoms with Crippen LogP contribution in [0.1, 0.15) is 6.92 Å². The highest BCUT2D eigenvalue weighted by atomic mass is 79.9. The van der Waals surface area contributed by atoms with Crippen molar-refractivity contribution in [3.63, 3.8) is 0 Å². The zero-order valence-corrected chi connectivity index (χ0v) is 10.3. The summed E-state index contributed by atoms with van der Waals surface area (Å²) in [5.41, 5.74) is 0. The highest BCUT2D eigenvalue weighted by Crippen LogP contribution is 2.15. The molecule has 15 heavy (non-hydrogen) atoms. The predicted octanol–water partition coefficient (Wildman–Crippen LogP) is 1.80. The van der Waals surface area contributed by atoms with E-state index in [0.29, 0.717) is 6.61 Å². The van der Waals surface area contributed by atoms with Gasteiger partial charge >= 0.3 is 0 Å². The maximum atomic E-state index is 8.77. The number of aliphatic hydroxyl groups excluding tert-OH is 1. The molecule has 2 N–H and O–H groups in total. The first kappa shape index (κ1) is 12.5. The van der Waals surface area contributed by atoms with E-state index in [4.69, 9.17) is 9.84 Å². The molecule has 1 atom stereocenters. The Morgan fingerprint density at radius 1 is 1.40 bits per heavy atom. The number of benzene rings is 1. The molecule has 3 nitrogen and oxygen atoms in total. The van der Waals surface area contributed by atoms with Gasteiger partial charge in [-0.15, -0.1) is 0 Å². The van der Waals surface area contributed by atoms with Gasteiger partial charge < -0.3 is 15.2 Å². The molecule has 1 unspecified atom stereocenters. The molecule has 0 saturated carbocycles. The van der Waals surface area contributed by atoms with Crippen LogP contribution in [0.25, 0.3) is 0 Å². The van der Waals surface area contributed by atoms with Crippen molar-refractivity contribution in [2.75, 3.05) is 19.8 Å². The number of ether oxygens (including phenoxy) is 1. The van der Waals surface area contributed by atoms with Crippen LogP contribution in [0.15, 0.2) is 28.7 Å². The fraction of sp³-hybridized carbons (Fsp3) is 0.455. The van der Waals surface area contributed by atoms with Gasteiger partial charge in [-0.05, 0) is 31.2 Å². The van der Waals surface area contributed by atoms with Gasteiger partial charge in [0.05, 0.1) is 6.61 Å². The van der Waals surface area contributed by atoms with Crippen LogP contribution >= 0.6 is 15.9 Å². The highest BCUT2D eigenvalue weighted by molar-refractivity contribution is 9.10. The second kappa shape index (κ2) is 6.82. The third-order valence-electron chi connectivity index (χ3n) is 1.95. The molecule has 0 aliphatic carbocycles. The number of hydrogen-bond donors (Lipinski definition) is 2. The number of nitrogens with one attached hydrogen (secondary N) is 1. The Kier molecular flexibility index (Phi) is 5.68. The summed E-state index contributed by atoms with van der Waals surface area (Å²) in [5, 5.41) is 11.9. The number of rotatable bonds is 6. The quantitative estimate of drug-likeness (QED) is 0.777. The zero-order valence-electron chi connectivity index (χ0n) is 8.74. The molecule has 0 amide bonds. The van der Waals surface area contributed by atoms with E-state index in [0.717, 1.165) is 16.8 Å². The lowest BCUT2D eigenvalue weighted by molar-refractivity contribution is 0.239. The van der Waals surface area contributed by atoms with E-state index < -0.39 is 0 Å². The summed E-state index contributed by atoms with van der Waals surface area (Å²) in [4.78, 5) is 0. The molecular weight excluding hydrogens is 258 g/mol. The molecule has 0 fully saturated rings. The van der Waals surface area contributed by atoms with Gasteiger partial charge in [0, 0.05) is 17.1 Å². The van der Waals surface area contributed by atoms with Crippen LogP contribution in [0, 0.1) is 0 Å². The standard InChI is InChI=1S/C11H16BrNO2/c1-9(8-14)13-6-7-15-11-4-2-10(12)3-5-11/h2-5,9,13-14H,6-8H2,1H3. The molecule has 0 bridgehead atoms. The van der Waals surface area contributed by atoms with Crippen molar-refractivity contribution >= 4 is 15.9 Å². The Bertz CT molecular complexity index is 276. The summed E-state index contributed by atoms with van der Waals surface area (Å²) in [6.45, 7) is 3.42. The number of hydrogen-bond acceptors (Lipinski definition) is 3. The lowest BCUT2D eigenvalue weighted by atomic mass is 10.3. The van der Waals surface area contributed by atoms with Gasteiger partial charge in [0.1, 0.15) is 12.4 Å². The topological polar surface area (TPSA) is 41.5 Å². The average Bonchev–Trinajstić information content (AvgIpc) is 2.26. The van der Waals surface area contributed by atoms with E-state index in [1.165, 1.54) is 0 Å². The van der Waals surface area contributed by atoms with E-state index in [1.807, 2.05) is 31.2 Å². The van der Waals surface area contributed by atoms with Crippen LogP contribution in [0.5, 0.6) is 5.75 Å². The van der Waals surface area contributed by atoms with E-state index in [-0.39, 0.29) is 12.6 Å². The Labute approximate surface area is 98.6 Å². The minimum absolute atomic E-state index is 0.124. The SMILES string of the molecule is CC(CO)NCCOc1ccc(Br)cc1. The maximum Gasteiger partial charge on any atom is 0.119 e. The molecule has 4 heteroatoms. The third-order valence-corrected chi connectivity index (χ3v) is 2.48. The second-order valence-corrected chi connectivity index (χ2v) is 4.26. The molecule has 0 spiro atoms. The monoisotopic (exact) mass is 273 g/mol. The van der Waals surface area contributed by atoms with Crippen LogP contribution in [-0.2, 0) is 0 Å². The van der Waals surface area contributed by atoms with Gasteiger partial charge in [-0.25, -0.2) is 0 Å². The largest absolute Gasteiger partial charge is 0.492 e. The van der Waals surface area contributed by atoms with Crippen molar-refractivity contribution in [2.45, 2.75) is 13.0 Å². The van der Waals surface area contributed by atoms with Crippen molar-refractivity contribution in [2.24, 2.45) is 0 Å². The number of halogens is 1. The molecule has 0 aromatic heterocycles. The van der Waals surface area contributed by atoms with Gasteiger partial charge in [0.15, 0.2) is 0 Å². The molecule has 0 saturated heterocycles. The molecule has 0 radical (unpaired) electrons. The summed E-state index contributed by atoms with van der Waals surface area (Å²) in [5.74, 6) is 0.858. The van der Waals surface area contributed by atoms with Crippen LogP contribution in [-0.4, -0.2) is 30.9 Å². The molecule has 1 aromatic rings. The fourth-order valence-electron chi connectivity index (χ4n) is 1.07. The van der Waals surface area contributed by atoms with Gasteiger partial charge in [-0.3, -0.25) is 0 Å². The Morgan fingerprint density at radius 2 is 2.07 bits per heavy atom. The molecule has 84 valence electrons. The fourth-order valence-corrected chi connectivity index (χ4v) is 1.33. The van der Waals surface area contributed by atoms with Crippen molar-refractivity contribution in [1.82, 2.24) is 5.32 Å². The molecular formula is C11H16BrNO2. The van der Waals surface area contributed by atoms with E-state index in [2.05, 4.69) is 21.2 Å². The normalized spacial score (nSPS) is 12.5. The van der Waals surface area contributed by atoms with Gasteiger partial charge in [-0.1, -0.05) is 15.9 Å². The van der Waals surface area contributed by atoms with Crippen molar-refractivity contribution in [1.29, 1.82) is 0 Å². The first-order valence-corrected chi connectivity index (χ1v) is 5.74. The Hall–Kier alpha value is -0.580. The first-order valence-electron chi connectivity index (χ1n) is 4.95. The third kappa shape index (κ3) is 5.16. The number of aliphatic hydroxyl groups is 1. The smallest absolute Gasteiger partial charge is 0.119 e. The van der Waals surface area contributed by atoms with Crippen molar-refractivity contribution < 1.29 is 9.84 Å². The predicted molar refractivity (Wildman–Crippen MR) is 64.2 cm³/mol. The zero-order chi connectivity index (χ0) is 11.1. The van der Waals surface area contributed by atoms with Gasteiger partial charge in [0.25, 0.3) is 0 Å². The molecule has 0 aliphatic rings. The molecule has 0 aliphatic heterocycles. The summed E-state index contributed by atoms with van der Waals surface area (Å²) in [6.07, 6.45) is 0. The van der Waals surface area contributed by atoms with E-state index >= 15 is 0 Å². The lowest BCUT2D eigenvalue weighted by Gasteiger charge is -2.11. The maximum absolute atomic E-state index is 8.77. The highest BCUT2D eigenvalue weighted by Gasteiger charge is 1.97. The van der Waals surface area contributed by atoms with E-state index in [1.54, 1.807) is 0 Å². The Morgan fingerprint density at radius 3 is 2.67 bits per heavy atom. The Balaban J connectivity index is 2.17. The minimum Gasteiger partial charge on any atom is -0.492 e. The van der Waals surface area contributed by atoms with Crippen molar-refractivity contribution in [3.05, 3.63) is 28.7 Å². The second-order valence-electron chi connectivity index (χ2n) is 3.34. The minimum atomic E-state index is 0.124. The van der Waals surface area contributed by atoms with Gasteiger partial charge in [0.2, 0.25) is 0 Å². The molecule has 1 aromatic carbocycles.